The Labute approximate surface area is 166 Å². The summed E-state index contributed by atoms with van der Waals surface area (Å²) < 4.78 is 0. The minimum Gasteiger partial charge on any atom is -0.481 e. The van der Waals surface area contributed by atoms with Gasteiger partial charge in [0.15, 0.2) is 0 Å². The molecule has 13 heteroatoms. The van der Waals surface area contributed by atoms with Crippen LogP contribution in [0.15, 0.2) is 0 Å². The number of aliphatic hydroxyl groups excluding tert-OH is 1. The number of aliphatic carboxylic acids is 2. The smallest absolute Gasteiger partial charge is 0.326 e. The summed E-state index contributed by atoms with van der Waals surface area (Å²) in [6, 6.07) is -5.48. The average molecular weight is 422 g/mol. The molecule has 3 amide bonds. The van der Waals surface area contributed by atoms with E-state index in [4.69, 9.17) is 15.9 Å². The van der Waals surface area contributed by atoms with Gasteiger partial charge >= 0.3 is 11.9 Å². The van der Waals surface area contributed by atoms with Crippen LogP contribution in [0.2, 0.25) is 0 Å². The number of hydrogen-bond acceptors (Lipinski definition) is 8. The van der Waals surface area contributed by atoms with E-state index in [1.54, 1.807) is 0 Å². The van der Waals surface area contributed by atoms with E-state index >= 15 is 0 Å². The molecular formula is C15H26N4O8S. The van der Waals surface area contributed by atoms with Crippen molar-refractivity contribution in [1.82, 2.24) is 16.0 Å². The topological polar surface area (TPSA) is 208 Å². The van der Waals surface area contributed by atoms with Crippen molar-refractivity contribution in [2.45, 2.75) is 44.4 Å². The molecule has 0 fully saturated rings. The number of carboxylic acids is 2. The van der Waals surface area contributed by atoms with Crippen LogP contribution in [0.4, 0.5) is 0 Å². The molecular weight excluding hydrogens is 396 g/mol. The van der Waals surface area contributed by atoms with Gasteiger partial charge in [-0.25, -0.2) is 4.79 Å². The van der Waals surface area contributed by atoms with Gasteiger partial charge in [0, 0.05) is 5.75 Å². The molecule has 0 saturated heterocycles. The van der Waals surface area contributed by atoms with Crippen LogP contribution in [0.3, 0.4) is 0 Å². The molecule has 28 heavy (non-hydrogen) atoms. The number of nitrogens with two attached hydrogens (primary N) is 1. The van der Waals surface area contributed by atoms with Crippen molar-refractivity contribution < 1.29 is 39.3 Å². The lowest BCUT2D eigenvalue weighted by Crippen LogP contribution is -2.59. The number of amides is 3. The Hall–Kier alpha value is -2.38. The molecule has 0 rings (SSSR count). The van der Waals surface area contributed by atoms with Crippen LogP contribution in [0.1, 0.15) is 20.3 Å². The summed E-state index contributed by atoms with van der Waals surface area (Å²) in [4.78, 5) is 58.4. The number of thiol groups is 1. The van der Waals surface area contributed by atoms with Crippen LogP contribution < -0.4 is 21.7 Å². The van der Waals surface area contributed by atoms with Crippen LogP contribution in [-0.2, 0) is 24.0 Å². The fourth-order valence-electron chi connectivity index (χ4n) is 1.98. The summed E-state index contributed by atoms with van der Waals surface area (Å²) in [7, 11) is 0. The Kier molecular flexibility index (Phi) is 11.1. The van der Waals surface area contributed by atoms with E-state index in [0.29, 0.717) is 0 Å². The van der Waals surface area contributed by atoms with E-state index in [0.717, 1.165) is 0 Å². The zero-order valence-electron chi connectivity index (χ0n) is 15.4. The summed E-state index contributed by atoms with van der Waals surface area (Å²) in [5.41, 5.74) is 5.45. The van der Waals surface area contributed by atoms with Gasteiger partial charge in [-0.1, -0.05) is 13.8 Å². The van der Waals surface area contributed by atoms with Gasteiger partial charge in [0.2, 0.25) is 17.7 Å². The first-order valence-electron chi connectivity index (χ1n) is 8.27. The molecule has 0 spiro atoms. The molecule has 0 heterocycles. The monoisotopic (exact) mass is 422 g/mol. The highest BCUT2D eigenvalue weighted by atomic mass is 32.1. The molecule has 8 N–H and O–H groups in total. The normalized spacial score (nSPS) is 15.1. The molecule has 0 bridgehead atoms. The predicted octanol–water partition coefficient (Wildman–Crippen LogP) is -3.09. The lowest BCUT2D eigenvalue weighted by atomic mass is 10.0. The number of rotatable bonds is 12. The zero-order chi connectivity index (χ0) is 22.0. The van der Waals surface area contributed by atoms with Crippen LogP contribution in [0.5, 0.6) is 0 Å². The molecule has 0 radical (unpaired) electrons. The van der Waals surface area contributed by atoms with Gasteiger partial charge in [0.1, 0.15) is 18.1 Å². The highest BCUT2D eigenvalue weighted by molar-refractivity contribution is 7.80. The average Bonchev–Trinajstić information content (AvgIpc) is 2.61. The number of carbonyl (C=O) groups is 5. The Morgan fingerprint density at radius 2 is 1.43 bits per heavy atom. The second kappa shape index (κ2) is 12.2. The van der Waals surface area contributed by atoms with E-state index < -0.39 is 72.8 Å². The minimum atomic E-state index is -1.63. The second-order valence-electron chi connectivity index (χ2n) is 6.26. The Morgan fingerprint density at radius 1 is 0.929 bits per heavy atom. The van der Waals surface area contributed by atoms with Crippen LogP contribution in [0.25, 0.3) is 0 Å². The molecule has 12 nitrogen and oxygen atoms in total. The summed E-state index contributed by atoms with van der Waals surface area (Å²) in [6.07, 6.45) is -0.843. The van der Waals surface area contributed by atoms with Gasteiger partial charge in [-0.15, -0.1) is 0 Å². The SMILES string of the molecule is CC(C)C(NC(=O)C(CC(=O)O)NC(=O)C(CO)NC(=O)C(N)CS)C(=O)O. The maximum Gasteiger partial charge on any atom is 0.326 e. The molecule has 0 aliphatic carbocycles. The van der Waals surface area contributed by atoms with E-state index in [2.05, 4.69) is 28.6 Å². The lowest BCUT2D eigenvalue weighted by Gasteiger charge is -2.24. The molecule has 0 aromatic heterocycles. The third kappa shape index (κ3) is 8.54. The van der Waals surface area contributed by atoms with Crippen molar-refractivity contribution >= 4 is 42.3 Å². The fraction of sp³-hybridized carbons (Fsp3) is 0.667. The van der Waals surface area contributed by atoms with Crippen LogP contribution >= 0.6 is 12.6 Å². The lowest BCUT2D eigenvalue weighted by molar-refractivity contribution is -0.144. The molecule has 160 valence electrons. The minimum absolute atomic E-state index is 0.0264. The highest BCUT2D eigenvalue weighted by Crippen LogP contribution is 2.04. The summed E-state index contributed by atoms with van der Waals surface area (Å²) in [6.45, 7) is 2.22. The van der Waals surface area contributed by atoms with E-state index in [1.807, 2.05) is 0 Å². The molecule has 0 aromatic carbocycles. The molecule has 4 unspecified atom stereocenters. The Bertz CT molecular complexity index is 601. The molecule has 0 aromatic rings. The van der Waals surface area contributed by atoms with Gasteiger partial charge in [0.25, 0.3) is 0 Å². The van der Waals surface area contributed by atoms with Crippen molar-refractivity contribution in [2.24, 2.45) is 11.7 Å². The first kappa shape index (κ1) is 25.6. The Morgan fingerprint density at radius 3 is 1.82 bits per heavy atom. The van der Waals surface area contributed by atoms with Crippen molar-refractivity contribution in [3.63, 3.8) is 0 Å². The maximum absolute atomic E-state index is 12.3. The standard InChI is InChI=1S/C15H26N4O8S/c1-6(2)11(15(26)27)19-13(24)8(3-10(21)22)17-14(25)9(4-20)18-12(23)7(16)5-28/h6-9,11,20,28H,3-5,16H2,1-2H3,(H,17,25)(H,18,23)(H,19,24)(H,21,22)(H,26,27). The highest BCUT2D eigenvalue weighted by Gasteiger charge is 2.32. The van der Waals surface area contributed by atoms with Crippen LogP contribution in [-0.4, -0.2) is 81.5 Å². The number of carboxylic acid groups (broad SMARTS) is 2. The first-order chi connectivity index (χ1) is 12.9. The zero-order valence-corrected chi connectivity index (χ0v) is 16.3. The largest absolute Gasteiger partial charge is 0.481 e. The van der Waals surface area contributed by atoms with Gasteiger partial charge in [0.05, 0.1) is 19.1 Å². The molecule has 0 aliphatic heterocycles. The predicted molar refractivity (Wildman–Crippen MR) is 99.4 cm³/mol. The fourth-order valence-corrected chi connectivity index (χ4v) is 2.15. The number of nitrogens with one attached hydrogen (secondary N) is 3. The van der Waals surface area contributed by atoms with Crippen molar-refractivity contribution in [1.29, 1.82) is 0 Å². The van der Waals surface area contributed by atoms with Crippen molar-refractivity contribution in [3.05, 3.63) is 0 Å². The van der Waals surface area contributed by atoms with E-state index in [-0.39, 0.29) is 5.75 Å². The number of aliphatic hydroxyl groups is 1. The third-order valence-corrected chi connectivity index (χ3v) is 3.98. The molecule has 0 aliphatic rings. The third-order valence-electron chi connectivity index (χ3n) is 3.59. The number of carbonyl (C=O) groups excluding carboxylic acids is 3. The van der Waals surface area contributed by atoms with Gasteiger partial charge in [-0.05, 0) is 5.92 Å². The van der Waals surface area contributed by atoms with Crippen molar-refractivity contribution in [2.75, 3.05) is 12.4 Å². The summed E-state index contributed by atoms with van der Waals surface area (Å²) in [5.74, 6) is -6.15. The molecule has 0 saturated carbocycles. The van der Waals surface area contributed by atoms with E-state index in [9.17, 15) is 29.1 Å². The second-order valence-corrected chi connectivity index (χ2v) is 6.63. The summed E-state index contributed by atoms with van der Waals surface area (Å²) in [5, 5.41) is 33.8. The van der Waals surface area contributed by atoms with Gasteiger partial charge < -0.3 is 37.0 Å². The molecule has 4 atom stereocenters. The van der Waals surface area contributed by atoms with E-state index in [1.165, 1.54) is 13.8 Å². The van der Waals surface area contributed by atoms with Crippen molar-refractivity contribution in [3.8, 4) is 0 Å². The van der Waals surface area contributed by atoms with Gasteiger partial charge in [-0.2, -0.15) is 12.6 Å². The first-order valence-corrected chi connectivity index (χ1v) is 8.90. The maximum atomic E-state index is 12.3. The van der Waals surface area contributed by atoms with Gasteiger partial charge in [-0.3, -0.25) is 19.2 Å². The van der Waals surface area contributed by atoms with Crippen LogP contribution in [0, 0.1) is 5.92 Å². The number of hydrogen-bond donors (Lipinski definition) is 8. The Balaban J connectivity index is 5.26. The summed E-state index contributed by atoms with van der Waals surface area (Å²) >= 11 is 3.83. The quantitative estimate of drug-likeness (QED) is 0.150.